The van der Waals surface area contributed by atoms with Gasteiger partial charge in [-0.15, -0.1) is 0 Å². The Morgan fingerprint density at radius 1 is 1.00 bits per heavy atom. The van der Waals surface area contributed by atoms with Crippen LogP contribution in [0.25, 0.3) is 0 Å². The lowest BCUT2D eigenvalue weighted by molar-refractivity contribution is 0.332. The Morgan fingerprint density at radius 3 is 2.14 bits per heavy atom. The third-order valence-corrected chi connectivity index (χ3v) is 3.70. The summed E-state index contributed by atoms with van der Waals surface area (Å²) < 4.78 is 0. The molecule has 0 nitrogen and oxygen atoms in total. The second-order valence-corrected chi connectivity index (χ2v) is 5.74. The zero-order valence-corrected chi connectivity index (χ0v) is 9.65. The highest BCUT2D eigenvalue weighted by Gasteiger charge is 2.36. The van der Waals surface area contributed by atoms with E-state index in [1.807, 2.05) is 6.07 Å². The Labute approximate surface area is 87.3 Å². The van der Waals surface area contributed by atoms with Crippen LogP contribution in [0.4, 0.5) is 0 Å². The van der Waals surface area contributed by atoms with Gasteiger partial charge in [0.1, 0.15) is 0 Å². The molecule has 0 N–H and O–H groups in total. The zero-order valence-electron chi connectivity index (χ0n) is 9.65. The van der Waals surface area contributed by atoms with E-state index in [2.05, 4.69) is 45.9 Å². The van der Waals surface area contributed by atoms with Crippen molar-refractivity contribution in [3.63, 3.8) is 0 Å². The molecule has 0 atom stereocenters. The van der Waals surface area contributed by atoms with Crippen molar-refractivity contribution in [3.8, 4) is 0 Å². The van der Waals surface area contributed by atoms with Crippen LogP contribution in [0.15, 0.2) is 18.2 Å². The van der Waals surface area contributed by atoms with Crippen molar-refractivity contribution in [1.82, 2.24) is 0 Å². The lowest BCUT2D eigenvalue weighted by atomic mass is 9.63. The van der Waals surface area contributed by atoms with Crippen LogP contribution >= 0.6 is 0 Å². The Hall–Kier alpha value is -0.780. The lowest BCUT2D eigenvalue weighted by Crippen LogP contribution is -2.33. The Bertz CT molecular complexity index is 310. The van der Waals surface area contributed by atoms with Crippen LogP contribution in [0.3, 0.4) is 0 Å². The first kappa shape index (κ1) is 9.76. The van der Waals surface area contributed by atoms with Crippen LogP contribution in [0.2, 0.25) is 0 Å². The van der Waals surface area contributed by atoms with Crippen molar-refractivity contribution in [2.75, 3.05) is 0 Å². The van der Waals surface area contributed by atoms with E-state index in [0.717, 1.165) is 0 Å². The Balaban J connectivity index is 2.61. The van der Waals surface area contributed by atoms with Gasteiger partial charge < -0.3 is 0 Å². The number of hydrogen-bond acceptors (Lipinski definition) is 0. The SMILES string of the molecule is CC1(C)CCC(C)(C)c2cc[c]cc21. The molecule has 75 valence electrons. The molecule has 14 heavy (non-hydrogen) atoms. The molecule has 0 heteroatoms. The molecule has 1 aliphatic carbocycles. The minimum atomic E-state index is 0.336. The van der Waals surface area contributed by atoms with Gasteiger partial charge in [-0.25, -0.2) is 0 Å². The summed E-state index contributed by atoms with van der Waals surface area (Å²) in [6, 6.07) is 9.68. The topological polar surface area (TPSA) is 0 Å². The molecule has 0 fully saturated rings. The average Bonchev–Trinajstić information content (AvgIpc) is 2.14. The molecule has 1 aliphatic rings. The fourth-order valence-corrected chi connectivity index (χ4v) is 2.47. The van der Waals surface area contributed by atoms with Crippen molar-refractivity contribution in [3.05, 3.63) is 35.4 Å². The van der Waals surface area contributed by atoms with E-state index in [4.69, 9.17) is 0 Å². The van der Waals surface area contributed by atoms with Crippen molar-refractivity contribution in [2.45, 2.75) is 51.4 Å². The van der Waals surface area contributed by atoms with E-state index in [1.54, 1.807) is 0 Å². The maximum atomic E-state index is 3.21. The molecule has 0 saturated heterocycles. The average molecular weight is 187 g/mol. The fourth-order valence-electron chi connectivity index (χ4n) is 2.47. The van der Waals surface area contributed by atoms with Crippen molar-refractivity contribution >= 4 is 0 Å². The predicted octanol–water partition coefficient (Wildman–Crippen LogP) is 3.84. The molecule has 0 heterocycles. The summed E-state index contributed by atoms with van der Waals surface area (Å²) in [7, 11) is 0. The van der Waals surface area contributed by atoms with Gasteiger partial charge >= 0.3 is 0 Å². The first-order valence-corrected chi connectivity index (χ1v) is 5.45. The smallest absolute Gasteiger partial charge is 0.0100 e. The van der Waals surface area contributed by atoms with Crippen LogP contribution in [0, 0.1) is 6.07 Å². The van der Waals surface area contributed by atoms with Crippen LogP contribution < -0.4 is 0 Å². The Morgan fingerprint density at radius 2 is 1.57 bits per heavy atom. The van der Waals surface area contributed by atoms with E-state index in [-0.39, 0.29) is 0 Å². The summed E-state index contributed by atoms with van der Waals surface area (Å²) in [5.41, 5.74) is 3.70. The van der Waals surface area contributed by atoms with E-state index in [0.29, 0.717) is 10.8 Å². The fraction of sp³-hybridized carbons (Fsp3) is 0.571. The molecule has 0 aromatic heterocycles. The second-order valence-electron chi connectivity index (χ2n) is 5.74. The molecule has 0 saturated carbocycles. The minimum absolute atomic E-state index is 0.336. The highest BCUT2D eigenvalue weighted by molar-refractivity contribution is 5.40. The molecule has 1 aromatic carbocycles. The lowest BCUT2D eigenvalue weighted by Gasteiger charge is -2.41. The van der Waals surface area contributed by atoms with Gasteiger partial charge in [0.25, 0.3) is 0 Å². The zero-order chi connectivity index (χ0) is 10.4. The van der Waals surface area contributed by atoms with Gasteiger partial charge in [0.05, 0.1) is 0 Å². The van der Waals surface area contributed by atoms with Crippen molar-refractivity contribution in [1.29, 1.82) is 0 Å². The minimum Gasteiger partial charge on any atom is -0.0576 e. The molecular weight excluding hydrogens is 168 g/mol. The molecule has 0 spiro atoms. The van der Waals surface area contributed by atoms with Gasteiger partial charge in [-0.3, -0.25) is 0 Å². The van der Waals surface area contributed by atoms with Crippen LogP contribution in [-0.2, 0) is 10.8 Å². The quantitative estimate of drug-likeness (QED) is 0.579. The molecule has 0 unspecified atom stereocenters. The number of fused-ring (bicyclic) bond motifs is 1. The Kier molecular flexibility index (Phi) is 1.99. The van der Waals surface area contributed by atoms with Crippen molar-refractivity contribution < 1.29 is 0 Å². The first-order chi connectivity index (χ1) is 6.43. The monoisotopic (exact) mass is 187 g/mol. The summed E-state index contributed by atoms with van der Waals surface area (Å²) in [6.07, 6.45) is 2.57. The number of benzene rings is 1. The largest absolute Gasteiger partial charge is 0.0576 e. The van der Waals surface area contributed by atoms with Gasteiger partial charge in [-0.1, -0.05) is 45.9 Å². The summed E-state index contributed by atoms with van der Waals surface area (Å²) in [5.74, 6) is 0. The molecule has 1 aromatic rings. The number of rotatable bonds is 0. The van der Waals surface area contributed by atoms with E-state index >= 15 is 0 Å². The van der Waals surface area contributed by atoms with E-state index < -0.39 is 0 Å². The third kappa shape index (κ3) is 1.37. The molecule has 1 radical (unpaired) electrons. The summed E-state index contributed by atoms with van der Waals surface area (Å²) in [4.78, 5) is 0. The van der Waals surface area contributed by atoms with Gasteiger partial charge in [-0.05, 0) is 40.9 Å². The molecule has 0 bridgehead atoms. The third-order valence-electron chi connectivity index (χ3n) is 3.70. The van der Waals surface area contributed by atoms with Crippen LogP contribution in [0.1, 0.15) is 51.7 Å². The van der Waals surface area contributed by atoms with Crippen LogP contribution in [0.5, 0.6) is 0 Å². The molecule has 0 amide bonds. The van der Waals surface area contributed by atoms with Crippen LogP contribution in [-0.4, -0.2) is 0 Å². The summed E-state index contributed by atoms with van der Waals surface area (Å²) >= 11 is 0. The maximum absolute atomic E-state index is 3.21. The van der Waals surface area contributed by atoms with E-state index in [9.17, 15) is 0 Å². The highest BCUT2D eigenvalue weighted by atomic mass is 14.4. The highest BCUT2D eigenvalue weighted by Crippen LogP contribution is 2.45. The predicted molar refractivity (Wildman–Crippen MR) is 60.6 cm³/mol. The standard InChI is InChI=1S/C14H19/c1-13(2)9-10-14(3,4)12-8-6-5-7-11(12)13/h5,7-8H,9-10H2,1-4H3. The number of hydrogen-bond donors (Lipinski definition) is 0. The van der Waals surface area contributed by atoms with Crippen molar-refractivity contribution in [2.24, 2.45) is 0 Å². The molecular formula is C14H19. The van der Waals surface area contributed by atoms with Gasteiger partial charge in [-0.2, -0.15) is 0 Å². The summed E-state index contributed by atoms with van der Waals surface area (Å²) in [6.45, 7) is 9.38. The summed E-state index contributed by atoms with van der Waals surface area (Å²) in [5, 5.41) is 0. The molecule has 0 aliphatic heterocycles. The van der Waals surface area contributed by atoms with E-state index in [1.165, 1.54) is 24.0 Å². The van der Waals surface area contributed by atoms with Gasteiger partial charge in [0.2, 0.25) is 0 Å². The normalized spacial score (nSPS) is 22.9. The molecule has 2 rings (SSSR count). The maximum Gasteiger partial charge on any atom is -0.0100 e. The second kappa shape index (κ2) is 2.85. The van der Waals surface area contributed by atoms with Gasteiger partial charge in [0.15, 0.2) is 0 Å². The first-order valence-electron chi connectivity index (χ1n) is 5.45. The van der Waals surface area contributed by atoms with Gasteiger partial charge in [0, 0.05) is 0 Å².